The van der Waals surface area contributed by atoms with E-state index in [0.717, 1.165) is 57.3 Å². The largest absolute Gasteiger partial charge is 0.355 e. The van der Waals surface area contributed by atoms with Crippen molar-refractivity contribution < 1.29 is 0 Å². The number of hydrogen-bond acceptors (Lipinski definition) is 4. The van der Waals surface area contributed by atoms with Crippen LogP contribution in [0.2, 0.25) is 0 Å². The molecule has 8 heteroatoms. The van der Waals surface area contributed by atoms with Gasteiger partial charge in [0.25, 0.3) is 0 Å². The lowest BCUT2D eigenvalue weighted by Gasteiger charge is -2.21. The average molecular weight is 508 g/mol. The number of aliphatic imine (C=N–C) groups is 1. The lowest BCUT2D eigenvalue weighted by molar-refractivity contribution is 0.292. The maximum Gasteiger partial charge on any atom is 0.191 e. The van der Waals surface area contributed by atoms with Gasteiger partial charge >= 0.3 is 0 Å². The average Bonchev–Trinajstić information content (AvgIpc) is 3.10. The van der Waals surface area contributed by atoms with Crippen LogP contribution in [0.25, 0.3) is 0 Å². The van der Waals surface area contributed by atoms with Gasteiger partial charge in [-0.15, -0.1) is 34.2 Å². The summed E-state index contributed by atoms with van der Waals surface area (Å²) in [5.41, 5.74) is 0. The first kappa shape index (κ1) is 27.1. The van der Waals surface area contributed by atoms with Crippen molar-refractivity contribution in [3.05, 3.63) is 12.2 Å². The second-order valence-corrected chi connectivity index (χ2v) is 7.52. The van der Waals surface area contributed by atoms with Crippen LogP contribution in [0.5, 0.6) is 0 Å². The summed E-state index contributed by atoms with van der Waals surface area (Å²) in [6, 6.07) is 0.403. The van der Waals surface area contributed by atoms with E-state index in [1.54, 1.807) is 6.33 Å². The number of rotatable bonds is 13. The topological polar surface area (TPSA) is 70.4 Å². The highest BCUT2D eigenvalue weighted by Crippen LogP contribution is 2.00. The van der Waals surface area contributed by atoms with Crippen LogP contribution in [-0.4, -0.2) is 64.4 Å². The lowest BCUT2D eigenvalue weighted by Crippen LogP contribution is -2.44. The van der Waals surface area contributed by atoms with E-state index < -0.39 is 0 Å². The summed E-state index contributed by atoms with van der Waals surface area (Å²) in [6.45, 7) is 19.1. The molecule has 0 aliphatic carbocycles. The molecule has 0 fully saturated rings. The smallest absolute Gasteiger partial charge is 0.191 e. The monoisotopic (exact) mass is 507 g/mol. The highest BCUT2D eigenvalue weighted by Gasteiger charge is 2.08. The summed E-state index contributed by atoms with van der Waals surface area (Å²) in [6.07, 6.45) is 5.04. The quantitative estimate of drug-likeness (QED) is 0.244. The van der Waals surface area contributed by atoms with E-state index >= 15 is 0 Å². The van der Waals surface area contributed by atoms with Crippen molar-refractivity contribution in [1.29, 1.82) is 0 Å². The molecule has 2 N–H and O–H groups in total. The molecule has 1 atom stereocenters. The highest BCUT2D eigenvalue weighted by molar-refractivity contribution is 14.0. The Balaban J connectivity index is 0.00000729. The van der Waals surface area contributed by atoms with Crippen molar-refractivity contribution in [2.24, 2.45) is 10.9 Å². The van der Waals surface area contributed by atoms with Gasteiger partial charge in [-0.3, -0.25) is 4.99 Å². The second-order valence-electron chi connectivity index (χ2n) is 7.52. The number of hydrogen-bond donors (Lipinski definition) is 2. The van der Waals surface area contributed by atoms with Gasteiger partial charge in [0.2, 0.25) is 0 Å². The van der Waals surface area contributed by atoms with E-state index in [2.05, 4.69) is 71.8 Å². The molecule has 164 valence electrons. The molecule has 1 heterocycles. The molecule has 7 nitrogen and oxygen atoms in total. The van der Waals surface area contributed by atoms with Gasteiger partial charge in [-0.1, -0.05) is 34.6 Å². The molecule has 0 saturated heterocycles. The van der Waals surface area contributed by atoms with E-state index in [9.17, 15) is 0 Å². The minimum Gasteiger partial charge on any atom is -0.355 e. The fourth-order valence-corrected chi connectivity index (χ4v) is 2.93. The fourth-order valence-electron chi connectivity index (χ4n) is 2.93. The molecule has 0 aliphatic heterocycles. The van der Waals surface area contributed by atoms with Crippen molar-refractivity contribution >= 4 is 29.9 Å². The third kappa shape index (κ3) is 11.2. The van der Waals surface area contributed by atoms with Crippen LogP contribution < -0.4 is 10.6 Å². The summed E-state index contributed by atoms with van der Waals surface area (Å²) in [4.78, 5) is 7.22. The van der Waals surface area contributed by atoms with Crippen molar-refractivity contribution in [3.8, 4) is 0 Å². The Kier molecular flexibility index (Phi) is 15.4. The Morgan fingerprint density at radius 2 is 1.93 bits per heavy atom. The standard InChI is InChI=1S/C20H41N7.HI/c1-7-19-25-23-16-27(19)14-12-21-20(22-15-17(4)5)24-18(6)11-10-13-26(8-2)9-3;/h16-18H,7-15H2,1-6H3,(H2,21,22,24);1H. The second kappa shape index (κ2) is 16.0. The minimum absolute atomic E-state index is 0. The predicted octanol–water partition coefficient (Wildman–Crippen LogP) is 3.16. The molecular weight excluding hydrogens is 465 g/mol. The molecule has 0 bridgehead atoms. The summed E-state index contributed by atoms with van der Waals surface area (Å²) in [5.74, 6) is 2.48. The van der Waals surface area contributed by atoms with Crippen LogP contribution in [0.3, 0.4) is 0 Å². The number of halogens is 1. The number of aromatic nitrogens is 3. The zero-order valence-electron chi connectivity index (χ0n) is 18.7. The summed E-state index contributed by atoms with van der Waals surface area (Å²) < 4.78 is 2.10. The molecule has 1 unspecified atom stereocenters. The maximum atomic E-state index is 4.74. The van der Waals surface area contributed by atoms with Crippen molar-refractivity contribution in [3.63, 3.8) is 0 Å². The molecule has 0 radical (unpaired) electrons. The normalized spacial score (nSPS) is 12.9. The summed E-state index contributed by atoms with van der Waals surface area (Å²) in [5, 5.41) is 15.2. The van der Waals surface area contributed by atoms with Gasteiger partial charge in [0.05, 0.1) is 0 Å². The van der Waals surface area contributed by atoms with Crippen molar-refractivity contribution in [2.75, 3.05) is 32.7 Å². The molecule has 0 aliphatic rings. The van der Waals surface area contributed by atoms with Crippen LogP contribution in [0.4, 0.5) is 0 Å². The van der Waals surface area contributed by atoms with Gasteiger partial charge in [0.15, 0.2) is 5.96 Å². The van der Waals surface area contributed by atoms with Crippen molar-refractivity contribution in [1.82, 2.24) is 30.3 Å². The molecule has 28 heavy (non-hydrogen) atoms. The van der Waals surface area contributed by atoms with Crippen LogP contribution in [0.1, 0.15) is 60.2 Å². The minimum atomic E-state index is 0. The van der Waals surface area contributed by atoms with Gasteiger partial charge in [0, 0.05) is 32.1 Å². The lowest BCUT2D eigenvalue weighted by atomic mass is 10.2. The van der Waals surface area contributed by atoms with E-state index in [1.165, 1.54) is 13.0 Å². The molecular formula is C20H42IN7. The molecule has 0 amide bonds. The van der Waals surface area contributed by atoms with E-state index in [0.29, 0.717) is 12.0 Å². The molecule has 1 aromatic rings. The first-order chi connectivity index (χ1) is 13.0. The Hall–Kier alpha value is -0.900. The summed E-state index contributed by atoms with van der Waals surface area (Å²) in [7, 11) is 0. The molecule has 0 spiro atoms. The van der Waals surface area contributed by atoms with Gasteiger partial charge in [-0.2, -0.15) is 0 Å². The SMILES string of the molecule is CCc1nncn1CCNC(=NCC(C)C)NC(C)CCCN(CC)CC.I. The third-order valence-electron chi connectivity index (χ3n) is 4.66. The van der Waals surface area contributed by atoms with Gasteiger partial charge < -0.3 is 20.1 Å². The maximum absolute atomic E-state index is 4.74. The molecule has 1 aromatic heterocycles. The molecule has 1 rings (SSSR count). The number of nitrogens with zero attached hydrogens (tertiary/aromatic N) is 5. The van der Waals surface area contributed by atoms with E-state index in [4.69, 9.17) is 4.99 Å². The number of nitrogens with one attached hydrogen (secondary N) is 2. The zero-order valence-corrected chi connectivity index (χ0v) is 21.1. The fraction of sp³-hybridized carbons (Fsp3) is 0.850. The Morgan fingerprint density at radius 1 is 1.21 bits per heavy atom. The first-order valence-corrected chi connectivity index (χ1v) is 10.6. The molecule has 0 aromatic carbocycles. The molecule has 0 saturated carbocycles. The highest BCUT2D eigenvalue weighted by atomic mass is 127. The number of guanidine groups is 1. The van der Waals surface area contributed by atoms with Gasteiger partial charge in [-0.25, -0.2) is 0 Å². The third-order valence-corrected chi connectivity index (χ3v) is 4.66. The van der Waals surface area contributed by atoms with Gasteiger partial charge in [0.1, 0.15) is 12.2 Å². The summed E-state index contributed by atoms with van der Waals surface area (Å²) >= 11 is 0. The van der Waals surface area contributed by atoms with Crippen LogP contribution in [0.15, 0.2) is 11.3 Å². The van der Waals surface area contributed by atoms with Crippen LogP contribution in [0, 0.1) is 5.92 Å². The number of aryl methyl sites for hydroxylation is 1. The zero-order chi connectivity index (χ0) is 20.1. The van der Waals surface area contributed by atoms with Gasteiger partial charge in [-0.05, 0) is 45.3 Å². The van der Waals surface area contributed by atoms with E-state index in [1.807, 2.05) is 0 Å². The first-order valence-electron chi connectivity index (χ1n) is 10.6. The van der Waals surface area contributed by atoms with E-state index in [-0.39, 0.29) is 24.0 Å². The van der Waals surface area contributed by atoms with Crippen LogP contribution in [-0.2, 0) is 13.0 Å². The van der Waals surface area contributed by atoms with Crippen molar-refractivity contribution in [2.45, 2.75) is 73.4 Å². The Labute approximate surface area is 189 Å². The van der Waals surface area contributed by atoms with Crippen LogP contribution >= 0.6 is 24.0 Å². The Bertz CT molecular complexity index is 526. The predicted molar refractivity (Wildman–Crippen MR) is 130 cm³/mol. The Morgan fingerprint density at radius 3 is 2.54 bits per heavy atom.